The molecule has 2 rings (SSSR count). The van der Waals surface area contributed by atoms with Crippen molar-refractivity contribution < 1.29 is 18.7 Å². The van der Waals surface area contributed by atoms with Crippen LogP contribution in [0.15, 0.2) is 24.8 Å². The molecule has 2 amide bonds. The number of hydrogen-bond acceptors (Lipinski definition) is 3. The zero-order valence-corrected chi connectivity index (χ0v) is 15.7. The van der Waals surface area contributed by atoms with Gasteiger partial charge in [-0.15, -0.1) is 0 Å². The first-order chi connectivity index (χ1) is 12.2. The molecule has 1 aromatic rings. The van der Waals surface area contributed by atoms with Crippen LogP contribution in [0, 0.1) is 5.82 Å². The first-order valence-corrected chi connectivity index (χ1v) is 8.85. The lowest BCUT2D eigenvalue weighted by atomic mass is 10.0. The van der Waals surface area contributed by atoms with E-state index in [0.29, 0.717) is 24.2 Å². The molecule has 142 valence electrons. The highest BCUT2D eigenvalue weighted by atomic mass is 19.1. The molecule has 0 aromatic heterocycles. The molecule has 1 unspecified atom stereocenters. The van der Waals surface area contributed by atoms with E-state index in [-0.39, 0.29) is 24.2 Å². The second-order valence-electron chi connectivity index (χ2n) is 7.60. The van der Waals surface area contributed by atoms with Crippen LogP contribution < -0.4 is 5.32 Å². The molecule has 1 aromatic carbocycles. The van der Waals surface area contributed by atoms with Gasteiger partial charge >= 0.3 is 6.09 Å². The Morgan fingerprint density at radius 2 is 2.12 bits per heavy atom. The maximum Gasteiger partial charge on any atom is 0.407 e. The average molecular weight is 362 g/mol. The molecule has 0 bridgehead atoms. The second-order valence-corrected chi connectivity index (χ2v) is 7.60. The van der Waals surface area contributed by atoms with E-state index in [4.69, 9.17) is 4.74 Å². The number of benzene rings is 1. The highest BCUT2D eigenvalue weighted by Gasteiger charge is 2.26. The maximum atomic E-state index is 13.6. The van der Waals surface area contributed by atoms with Crippen LogP contribution in [-0.4, -0.2) is 41.6 Å². The van der Waals surface area contributed by atoms with Crippen LogP contribution in [0.1, 0.15) is 44.7 Å². The van der Waals surface area contributed by atoms with E-state index in [9.17, 15) is 14.0 Å². The number of carbonyl (C=O) groups is 2. The summed E-state index contributed by atoms with van der Waals surface area (Å²) in [4.78, 5) is 26.2. The normalized spacial score (nSPS) is 17.5. The quantitative estimate of drug-likeness (QED) is 0.891. The maximum absolute atomic E-state index is 13.6. The van der Waals surface area contributed by atoms with Crippen LogP contribution >= 0.6 is 0 Å². The summed E-state index contributed by atoms with van der Waals surface area (Å²) >= 11 is 0. The van der Waals surface area contributed by atoms with Gasteiger partial charge in [-0.05, 0) is 56.9 Å². The van der Waals surface area contributed by atoms with E-state index in [0.717, 1.165) is 12.8 Å². The van der Waals surface area contributed by atoms with Gasteiger partial charge in [0, 0.05) is 19.1 Å². The van der Waals surface area contributed by atoms with Crippen molar-refractivity contribution in [1.29, 1.82) is 0 Å². The van der Waals surface area contributed by atoms with Gasteiger partial charge in [-0.3, -0.25) is 4.79 Å². The lowest BCUT2D eigenvalue weighted by molar-refractivity contribution is -0.131. The lowest BCUT2D eigenvalue weighted by Gasteiger charge is -2.33. The van der Waals surface area contributed by atoms with Gasteiger partial charge in [0.2, 0.25) is 5.91 Å². The van der Waals surface area contributed by atoms with E-state index in [1.54, 1.807) is 37.8 Å². The molecule has 6 heteroatoms. The van der Waals surface area contributed by atoms with E-state index < -0.39 is 11.7 Å². The molecular weight excluding hydrogens is 335 g/mol. The largest absolute Gasteiger partial charge is 0.444 e. The fraction of sp³-hybridized carbons (Fsp3) is 0.500. The molecule has 1 aliphatic heterocycles. The highest BCUT2D eigenvalue weighted by Crippen LogP contribution is 2.16. The number of alkyl carbamates (subject to hydrolysis) is 1. The molecule has 1 N–H and O–H groups in total. The third-order valence-electron chi connectivity index (χ3n) is 4.07. The Labute approximate surface area is 154 Å². The first-order valence-electron chi connectivity index (χ1n) is 8.85. The van der Waals surface area contributed by atoms with Crippen LogP contribution in [0.2, 0.25) is 0 Å². The molecule has 0 saturated carbocycles. The Morgan fingerprint density at radius 3 is 2.77 bits per heavy atom. The average Bonchev–Trinajstić information content (AvgIpc) is 2.52. The highest BCUT2D eigenvalue weighted by molar-refractivity contribution is 5.79. The van der Waals surface area contributed by atoms with Crippen LogP contribution in [0.3, 0.4) is 0 Å². The Hall–Kier alpha value is -2.37. The molecular formula is C20H27FN2O3. The number of rotatable bonds is 4. The summed E-state index contributed by atoms with van der Waals surface area (Å²) in [6, 6.07) is 4.36. The number of hydrogen-bond donors (Lipinski definition) is 1. The molecule has 1 atom stereocenters. The smallest absolute Gasteiger partial charge is 0.407 e. The molecule has 5 nitrogen and oxygen atoms in total. The topological polar surface area (TPSA) is 58.6 Å². The van der Waals surface area contributed by atoms with Gasteiger partial charge in [-0.1, -0.05) is 18.7 Å². The predicted octanol–water partition coefficient (Wildman–Crippen LogP) is 3.53. The minimum absolute atomic E-state index is 0.0821. The molecule has 0 spiro atoms. The summed E-state index contributed by atoms with van der Waals surface area (Å²) < 4.78 is 18.9. The predicted molar refractivity (Wildman–Crippen MR) is 99.2 cm³/mol. The Balaban J connectivity index is 1.94. The molecule has 1 fully saturated rings. The van der Waals surface area contributed by atoms with Gasteiger partial charge < -0.3 is 15.0 Å². The van der Waals surface area contributed by atoms with Gasteiger partial charge in [0.05, 0.1) is 6.42 Å². The Kier molecular flexibility index (Phi) is 6.40. The summed E-state index contributed by atoms with van der Waals surface area (Å²) in [5.74, 6) is -0.463. The molecule has 1 saturated heterocycles. The third-order valence-corrected chi connectivity index (χ3v) is 4.07. The van der Waals surface area contributed by atoms with Crippen molar-refractivity contribution >= 4 is 18.1 Å². The van der Waals surface area contributed by atoms with Crippen LogP contribution in [-0.2, 0) is 16.0 Å². The number of nitrogens with zero attached hydrogens (tertiary/aromatic N) is 1. The Morgan fingerprint density at radius 1 is 1.38 bits per heavy atom. The summed E-state index contributed by atoms with van der Waals surface area (Å²) in [6.07, 6.45) is 2.80. The summed E-state index contributed by atoms with van der Waals surface area (Å²) in [5, 5.41) is 2.82. The molecule has 26 heavy (non-hydrogen) atoms. The minimum atomic E-state index is -0.561. The third kappa shape index (κ3) is 6.17. The van der Waals surface area contributed by atoms with E-state index in [2.05, 4.69) is 11.9 Å². The van der Waals surface area contributed by atoms with Gasteiger partial charge in [0.1, 0.15) is 11.4 Å². The number of ether oxygens (including phenoxy) is 1. The van der Waals surface area contributed by atoms with E-state index in [1.807, 2.05) is 0 Å². The number of nitrogens with one attached hydrogen (secondary N) is 1. The second kappa shape index (κ2) is 8.34. The van der Waals surface area contributed by atoms with Crippen LogP contribution in [0.4, 0.5) is 9.18 Å². The van der Waals surface area contributed by atoms with Crippen molar-refractivity contribution in [2.45, 2.75) is 51.7 Å². The van der Waals surface area contributed by atoms with Crippen LogP contribution in [0.5, 0.6) is 0 Å². The zero-order chi connectivity index (χ0) is 19.3. The molecule has 0 aliphatic carbocycles. The zero-order valence-electron chi connectivity index (χ0n) is 15.7. The Bertz CT molecular complexity index is 682. The molecule has 0 radical (unpaired) electrons. The van der Waals surface area contributed by atoms with Crippen molar-refractivity contribution in [3.05, 3.63) is 41.7 Å². The number of carbonyl (C=O) groups excluding carboxylic acids is 2. The van der Waals surface area contributed by atoms with Gasteiger partial charge in [0.25, 0.3) is 0 Å². The fourth-order valence-corrected chi connectivity index (χ4v) is 2.98. The number of likely N-dealkylation sites (tertiary alicyclic amines) is 1. The molecule has 1 aliphatic rings. The van der Waals surface area contributed by atoms with Crippen LogP contribution in [0.25, 0.3) is 6.08 Å². The summed E-state index contributed by atoms with van der Waals surface area (Å²) in [6.45, 7) is 10.1. The summed E-state index contributed by atoms with van der Waals surface area (Å²) in [5.41, 5.74) is 0.706. The van der Waals surface area contributed by atoms with Crippen molar-refractivity contribution in [2.75, 3.05) is 13.1 Å². The van der Waals surface area contributed by atoms with Gasteiger partial charge in [-0.25, -0.2) is 9.18 Å². The number of halogens is 1. The fourth-order valence-electron chi connectivity index (χ4n) is 2.98. The van der Waals surface area contributed by atoms with Crippen molar-refractivity contribution in [3.8, 4) is 0 Å². The monoisotopic (exact) mass is 362 g/mol. The van der Waals surface area contributed by atoms with E-state index >= 15 is 0 Å². The molecule has 1 heterocycles. The van der Waals surface area contributed by atoms with Crippen molar-refractivity contribution in [1.82, 2.24) is 10.2 Å². The number of piperidine rings is 1. The van der Waals surface area contributed by atoms with Gasteiger partial charge in [-0.2, -0.15) is 0 Å². The lowest BCUT2D eigenvalue weighted by Crippen LogP contribution is -2.50. The first kappa shape index (κ1) is 19.9. The SMILES string of the molecule is C=Cc1cc(F)cc(CC(=O)N2CCCC(NC(=O)OC(C)(C)C)C2)c1. The van der Waals surface area contributed by atoms with Crippen molar-refractivity contribution in [2.24, 2.45) is 0 Å². The van der Waals surface area contributed by atoms with E-state index in [1.165, 1.54) is 12.1 Å². The summed E-state index contributed by atoms with van der Waals surface area (Å²) in [7, 11) is 0. The number of amides is 2. The van der Waals surface area contributed by atoms with Crippen molar-refractivity contribution in [3.63, 3.8) is 0 Å². The minimum Gasteiger partial charge on any atom is -0.444 e. The standard InChI is InChI=1S/C20H27FN2O3/c1-5-14-9-15(11-16(21)10-14)12-18(24)23-8-6-7-17(13-23)22-19(25)26-20(2,3)4/h5,9-11,17H,1,6-8,12-13H2,2-4H3,(H,22,25). The van der Waals surface area contributed by atoms with Gasteiger partial charge in [0.15, 0.2) is 0 Å².